The largest absolute Gasteiger partial charge is 0.335 e. The van der Waals surface area contributed by atoms with Gasteiger partial charge in [0.1, 0.15) is 11.5 Å². The van der Waals surface area contributed by atoms with Gasteiger partial charge in [-0.3, -0.25) is 0 Å². The number of benzene rings is 1. The third kappa shape index (κ3) is 2.09. The molecule has 0 radical (unpaired) electrons. The molecule has 0 aliphatic carbocycles. The van der Waals surface area contributed by atoms with Crippen molar-refractivity contribution in [2.75, 3.05) is 0 Å². The lowest BCUT2D eigenvalue weighted by Crippen LogP contribution is -1.90. The van der Waals surface area contributed by atoms with Crippen molar-refractivity contribution in [1.29, 1.82) is 0 Å². The minimum Gasteiger partial charge on any atom is -0.335 e. The van der Waals surface area contributed by atoms with Gasteiger partial charge in [-0.25, -0.2) is 9.37 Å². The highest BCUT2D eigenvalue weighted by Crippen LogP contribution is 2.28. The van der Waals surface area contributed by atoms with E-state index >= 15 is 0 Å². The van der Waals surface area contributed by atoms with E-state index in [4.69, 9.17) is 4.98 Å². The van der Waals surface area contributed by atoms with E-state index in [1.54, 1.807) is 12.1 Å². The molecule has 3 rings (SSSR count). The molecule has 20 heavy (non-hydrogen) atoms. The van der Waals surface area contributed by atoms with Crippen molar-refractivity contribution in [2.24, 2.45) is 7.05 Å². The van der Waals surface area contributed by atoms with Gasteiger partial charge in [-0.2, -0.15) is 0 Å². The van der Waals surface area contributed by atoms with E-state index in [1.165, 1.54) is 23.1 Å². The first-order chi connectivity index (χ1) is 9.56. The van der Waals surface area contributed by atoms with Gasteiger partial charge in [0.15, 0.2) is 0 Å². The van der Waals surface area contributed by atoms with Crippen LogP contribution in [0.25, 0.3) is 22.3 Å². The van der Waals surface area contributed by atoms with Gasteiger partial charge in [0.2, 0.25) is 0 Å². The second-order valence-electron chi connectivity index (χ2n) is 5.42. The summed E-state index contributed by atoms with van der Waals surface area (Å²) in [7, 11) is 2.01. The summed E-state index contributed by atoms with van der Waals surface area (Å²) < 4.78 is 15.0. The molecule has 0 amide bonds. The molecule has 0 saturated heterocycles. The molecule has 0 N–H and O–H groups in total. The molecule has 2 aromatic heterocycles. The van der Waals surface area contributed by atoms with Crippen molar-refractivity contribution < 1.29 is 4.39 Å². The van der Waals surface area contributed by atoms with Crippen LogP contribution in [0, 0.1) is 5.82 Å². The van der Waals surface area contributed by atoms with Crippen molar-refractivity contribution >= 4 is 11.0 Å². The highest BCUT2D eigenvalue weighted by Gasteiger charge is 2.11. The molecule has 0 unspecified atom stereocenters. The number of nitrogens with zero attached hydrogens (tertiary/aromatic N) is 2. The zero-order valence-corrected chi connectivity index (χ0v) is 11.9. The van der Waals surface area contributed by atoms with E-state index in [-0.39, 0.29) is 5.82 Å². The molecule has 0 aliphatic heterocycles. The molecule has 0 fully saturated rings. The summed E-state index contributed by atoms with van der Waals surface area (Å²) in [6.07, 6.45) is 2.14. The summed E-state index contributed by atoms with van der Waals surface area (Å²) in [4.78, 5) is 4.72. The molecule has 2 nitrogen and oxygen atoms in total. The van der Waals surface area contributed by atoms with Crippen molar-refractivity contribution in [3.63, 3.8) is 0 Å². The van der Waals surface area contributed by atoms with Crippen LogP contribution in [0.3, 0.4) is 0 Å². The number of halogens is 1. The highest BCUT2D eigenvalue weighted by molar-refractivity contribution is 5.83. The fourth-order valence-corrected chi connectivity index (χ4v) is 2.52. The van der Waals surface area contributed by atoms with E-state index in [0.717, 1.165) is 16.9 Å². The van der Waals surface area contributed by atoms with Crippen molar-refractivity contribution in [3.05, 3.63) is 54.0 Å². The van der Waals surface area contributed by atoms with Gasteiger partial charge in [-0.15, -0.1) is 0 Å². The maximum absolute atomic E-state index is 13.0. The fraction of sp³-hybridized carbons (Fsp3) is 0.235. The number of aryl methyl sites for hydroxylation is 1. The normalized spacial score (nSPS) is 11.4. The minimum atomic E-state index is -0.226. The third-order valence-electron chi connectivity index (χ3n) is 3.61. The number of rotatable bonds is 2. The number of aromatic nitrogens is 2. The summed E-state index contributed by atoms with van der Waals surface area (Å²) >= 11 is 0. The van der Waals surface area contributed by atoms with E-state index in [1.807, 2.05) is 13.1 Å². The van der Waals surface area contributed by atoms with Gasteiger partial charge in [0, 0.05) is 24.2 Å². The van der Waals surface area contributed by atoms with E-state index in [0.29, 0.717) is 5.92 Å². The van der Waals surface area contributed by atoms with Crippen molar-refractivity contribution in [3.8, 4) is 11.3 Å². The standard InChI is InChI=1S/C17H17FN2/c1-11(2)15-10-20(3)17-14(15)8-9-16(19-17)12-4-6-13(18)7-5-12/h4-11H,1-3H3. The predicted molar refractivity (Wildman–Crippen MR) is 80.2 cm³/mol. The Kier molecular flexibility index (Phi) is 3.05. The number of fused-ring (bicyclic) bond motifs is 1. The monoisotopic (exact) mass is 268 g/mol. The quantitative estimate of drug-likeness (QED) is 0.669. The Morgan fingerprint density at radius 3 is 2.40 bits per heavy atom. The lowest BCUT2D eigenvalue weighted by Gasteiger charge is -2.04. The van der Waals surface area contributed by atoms with E-state index in [9.17, 15) is 4.39 Å². The highest BCUT2D eigenvalue weighted by atomic mass is 19.1. The Morgan fingerprint density at radius 2 is 1.75 bits per heavy atom. The van der Waals surface area contributed by atoms with Crippen LogP contribution in [-0.2, 0) is 7.05 Å². The fourth-order valence-electron chi connectivity index (χ4n) is 2.52. The number of hydrogen-bond donors (Lipinski definition) is 0. The van der Waals surface area contributed by atoms with Crippen LogP contribution in [0.2, 0.25) is 0 Å². The van der Waals surface area contributed by atoms with Crippen LogP contribution < -0.4 is 0 Å². The first-order valence-corrected chi connectivity index (χ1v) is 6.78. The van der Waals surface area contributed by atoms with Gasteiger partial charge in [-0.05, 0) is 47.9 Å². The molecule has 1 aromatic carbocycles. The first-order valence-electron chi connectivity index (χ1n) is 6.78. The van der Waals surface area contributed by atoms with Gasteiger partial charge < -0.3 is 4.57 Å². The molecule has 0 bridgehead atoms. The zero-order valence-electron chi connectivity index (χ0n) is 11.9. The van der Waals surface area contributed by atoms with Gasteiger partial charge >= 0.3 is 0 Å². The molecule has 0 atom stereocenters. The van der Waals surface area contributed by atoms with Gasteiger partial charge in [0.25, 0.3) is 0 Å². The molecule has 2 heterocycles. The summed E-state index contributed by atoms with van der Waals surface area (Å²) in [6.45, 7) is 4.37. The zero-order chi connectivity index (χ0) is 14.3. The second-order valence-corrected chi connectivity index (χ2v) is 5.42. The molecule has 3 aromatic rings. The summed E-state index contributed by atoms with van der Waals surface area (Å²) in [5.41, 5.74) is 4.07. The Hall–Kier alpha value is -2.16. The lowest BCUT2D eigenvalue weighted by atomic mass is 10.0. The molecule has 0 aliphatic rings. The van der Waals surface area contributed by atoms with Crippen LogP contribution in [0.4, 0.5) is 4.39 Å². The average Bonchev–Trinajstić information content (AvgIpc) is 2.77. The average molecular weight is 268 g/mol. The Bertz CT molecular complexity index is 755. The first kappa shape index (κ1) is 12.9. The third-order valence-corrected chi connectivity index (χ3v) is 3.61. The number of pyridine rings is 1. The van der Waals surface area contributed by atoms with Gasteiger partial charge in [0.05, 0.1) is 5.69 Å². The van der Waals surface area contributed by atoms with Crippen LogP contribution in [0.5, 0.6) is 0 Å². The van der Waals surface area contributed by atoms with E-state index in [2.05, 4.69) is 30.7 Å². The topological polar surface area (TPSA) is 17.8 Å². The lowest BCUT2D eigenvalue weighted by molar-refractivity contribution is 0.628. The van der Waals surface area contributed by atoms with Crippen LogP contribution >= 0.6 is 0 Å². The van der Waals surface area contributed by atoms with E-state index < -0.39 is 0 Å². The maximum atomic E-state index is 13.0. The van der Waals surface area contributed by atoms with Gasteiger partial charge in [-0.1, -0.05) is 13.8 Å². The number of hydrogen-bond acceptors (Lipinski definition) is 1. The summed E-state index contributed by atoms with van der Waals surface area (Å²) in [6, 6.07) is 10.6. The SMILES string of the molecule is CC(C)c1cn(C)c2nc(-c3ccc(F)cc3)ccc12. The molecule has 0 spiro atoms. The van der Waals surface area contributed by atoms with Crippen LogP contribution in [0.15, 0.2) is 42.6 Å². The molecule has 102 valence electrons. The molecular weight excluding hydrogens is 251 g/mol. The Labute approximate surface area is 117 Å². The minimum absolute atomic E-state index is 0.226. The van der Waals surface area contributed by atoms with Crippen LogP contribution in [-0.4, -0.2) is 9.55 Å². The summed E-state index contributed by atoms with van der Waals surface area (Å²) in [5.74, 6) is 0.243. The molecular formula is C17H17FN2. The predicted octanol–water partition coefficient (Wildman–Crippen LogP) is 4.50. The second kappa shape index (κ2) is 4.75. The van der Waals surface area contributed by atoms with Crippen LogP contribution in [0.1, 0.15) is 25.3 Å². The Morgan fingerprint density at radius 1 is 1.05 bits per heavy atom. The molecule has 0 saturated carbocycles. The smallest absolute Gasteiger partial charge is 0.140 e. The maximum Gasteiger partial charge on any atom is 0.140 e. The van der Waals surface area contributed by atoms with Crippen molar-refractivity contribution in [2.45, 2.75) is 19.8 Å². The molecule has 3 heteroatoms. The summed E-state index contributed by atoms with van der Waals surface area (Å²) in [5, 5.41) is 1.19. The Balaban J connectivity index is 2.16. The van der Waals surface area contributed by atoms with Crippen molar-refractivity contribution in [1.82, 2.24) is 9.55 Å².